The van der Waals surface area contributed by atoms with E-state index in [1.165, 1.54) is 0 Å². The monoisotopic (exact) mass is 279 g/mol. The average Bonchev–Trinajstić information content (AvgIpc) is 2.43. The second kappa shape index (κ2) is 8.43. The highest BCUT2D eigenvalue weighted by atomic mass is 16.5. The zero-order chi connectivity index (χ0) is 15.0. The van der Waals surface area contributed by atoms with Crippen LogP contribution in [0.5, 0.6) is 0 Å². The van der Waals surface area contributed by atoms with Gasteiger partial charge in [-0.1, -0.05) is 12.1 Å². The number of methoxy groups -OCH3 is 1. The smallest absolute Gasteiger partial charge is 0.239 e. The molecule has 0 spiro atoms. The van der Waals surface area contributed by atoms with Crippen LogP contribution in [0.2, 0.25) is 0 Å². The van der Waals surface area contributed by atoms with Gasteiger partial charge in [0, 0.05) is 41.4 Å². The number of carbonyl (C=O) groups is 1. The second-order valence-corrected chi connectivity index (χ2v) is 4.94. The summed E-state index contributed by atoms with van der Waals surface area (Å²) in [5.74, 6) is 0.0252. The molecule has 1 rings (SSSR count). The highest BCUT2D eigenvalue weighted by Gasteiger charge is 2.11. The molecule has 1 N–H and O–H groups in total. The highest BCUT2D eigenvalue weighted by molar-refractivity contribution is 5.83. The fourth-order valence-electron chi connectivity index (χ4n) is 1.97. The van der Waals surface area contributed by atoms with Crippen molar-refractivity contribution in [3.05, 3.63) is 24.3 Å². The Kier molecular flexibility index (Phi) is 6.87. The van der Waals surface area contributed by atoms with Gasteiger partial charge in [0.05, 0.1) is 17.9 Å². The van der Waals surface area contributed by atoms with Crippen LogP contribution in [0.15, 0.2) is 24.3 Å². The minimum Gasteiger partial charge on any atom is -0.385 e. The molecular weight excluding hydrogens is 254 g/mol. The SMILES string of the molecule is COCCCNC(=O)CN(C)c1ccccc1N(C)C. The Bertz CT molecular complexity index is 421. The molecule has 0 aliphatic heterocycles. The number of benzene rings is 1. The van der Waals surface area contributed by atoms with Crippen molar-refractivity contribution >= 4 is 17.3 Å². The van der Waals surface area contributed by atoms with Crippen LogP contribution in [0, 0.1) is 0 Å². The molecule has 0 atom stereocenters. The van der Waals surface area contributed by atoms with Gasteiger partial charge in [0.2, 0.25) is 5.91 Å². The molecule has 0 heterocycles. The highest BCUT2D eigenvalue weighted by Crippen LogP contribution is 2.26. The Morgan fingerprint density at radius 1 is 1.20 bits per heavy atom. The van der Waals surface area contributed by atoms with E-state index in [1.807, 2.05) is 55.2 Å². The lowest BCUT2D eigenvalue weighted by molar-refractivity contribution is -0.119. The molecule has 0 radical (unpaired) electrons. The maximum absolute atomic E-state index is 11.9. The number of nitrogens with one attached hydrogen (secondary N) is 1. The van der Waals surface area contributed by atoms with Crippen LogP contribution in [0.1, 0.15) is 6.42 Å². The summed E-state index contributed by atoms with van der Waals surface area (Å²) in [5, 5.41) is 2.89. The summed E-state index contributed by atoms with van der Waals surface area (Å²) < 4.78 is 4.95. The van der Waals surface area contributed by atoms with Gasteiger partial charge in [-0.25, -0.2) is 0 Å². The average molecular weight is 279 g/mol. The van der Waals surface area contributed by atoms with Gasteiger partial charge in [0.1, 0.15) is 0 Å². The lowest BCUT2D eigenvalue weighted by atomic mass is 10.2. The van der Waals surface area contributed by atoms with Crippen LogP contribution in [0.4, 0.5) is 11.4 Å². The molecule has 0 fully saturated rings. The number of carbonyl (C=O) groups excluding carboxylic acids is 1. The van der Waals surface area contributed by atoms with Crippen molar-refractivity contribution in [3.63, 3.8) is 0 Å². The van der Waals surface area contributed by atoms with Crippen molar-refractivity contribution in [1.29, 1.82) is 0 Å². The second-order valence-electron chi connectivity index (χ2n) is 4.94. The fraction of sp³-hybridized carbons (Fsp3) is 0.533. The fourth-order valence-corrected chi connectivity index (χ4v) is 1.97. The van der Waals surface area contributed by atoms with E-state index >= 15 is 0 Å². The molecule has 0 saturated heterocycles. The Morgan fingerprint density at radius 2 is 1.85 bits per heavy atom. The molecular formula is C15H25N3O2. The van der Waals surface area contributed by atoms with Gasteiger partial charge in [0.25, 0.3) is 0 Å². The van der Waals surface area contributed by atoms with Crippen molar-refractivity contribution in [2.75, 3.05) is 57.7 Å². The lowest BCUT2D eigenvalue weighted by Gasteiger charge is -2.25. The Labute approximate surface area is 121 Å². The van der Waals surface area contributed by atoms with Crippen LogP contribution < -0.4 is 15.1 Å². The van der Waals surface area contributed by atoms with Gasteiger partial charge in [-0.3, -0.25) is 4.79 Å². The van der Waals surface area contributed by atoms with Crippen LogP contribution in [-0.4, -0.2) is 53.9 Å². The third-order valence-electron chi connectivity index (χ3n) is 3.00. The largest absolute Gasteiger partial charge is 0.385 e. The van der Waals surface area contributed by atoms with E-state index < -0.39 is 0 Å². The van der Waals surface area contributed by atoms with Crippen molar-refractivity contribution in [2.45, 2.75) is 6.42 Å². The van der Waals surface area contributed by atoms with Crippen LogP contribution in [0.25, 0.3) is 0 Å². The van der Waals surface area contributed by atoms with Crippen molar-refractivity contribution in [2.24, 2.45) is 0 Å². The van der Waals surface area contributed by atoms with E-state index in [9.17, 15) is 4.79 Å². The van der Waals surface area contributed by atoms with Gasteiger partial charge >= 0.3 is 0 Å². The van der Waals surface area contributed by atoms with Gasteiger partial charge in [-0.15, -0.1) is 0 Å². The lowest BCUT2D eigenvalue weighted by Crippen LogP contribution is -2.36. The van der Waals surface area contributed by atoms with E-state index in [2.05, 4.69) is 5.32 Å². The molecule has 0 aromatic heterocycles. The molecule has 0 aliphatic carbocycles. The number of anilines is 2. The first-order chi connectivity index (χ1) is 9.56. The van der Waals surface area contributed by atoms with Crippen LogP contribution in [-0.2, 0) is 9.53 Å². The normalized spacial score (nSPS) is 10.2. The maximum atomic E-state index is 11.9. The summed E-state index contributed by atoms with van der Waals surface area (Å²) >= 11 is 0. The number of hydrogen-bond donors (Lipinski definition) is 1. The molecule has 1 aromatic rings. The van der Waals surface area contributed by atoms with E-state index in [4.69, 9.17) is 4.74 Å². The first-order valence-corrected chi connectivity index (χ1v) is 6.79. The van der Waals surface area contributed by atoms with Gasteiger partial charge in [-0.05, 0) is 18.6 Å². The molecule has 5 heteroatoms. The molecule has 20 heavy (non-hydrogen) atoms. The number of hydrogen-bond acceptors (Lipinski definition) is 4. The zero-order valence-corrected chi connectivity index (χ0v) is 12.8. The molecule has 112 valence electrons. The van der Waals surface area contributed by atoms with Crippen molar-refractivity contribution in [3.8, 4) is 0 Å². The number of likely N-dealkylation sites (N-methyl/N-ethyl adjacent to an activating group) is 1. The first-order valence-electron chi connectivity index (χ1n) is 6.79. The maximum Gasteiger partial charge on any atom is 0.239 e. The Balaban J connectivity index is 2.54. The summed E-state index contributed by atoms with van der Waals surface area (Å²) in [6.45, 7) is 1.66. The number of amides is 1. The number of nitrogens with zero attached hydrogens (tertiary/aromatic N) is 2. The third kappa shape index (κ3) is 5.09. The summed E-state index contributed by atoms with van der Waals surface area (Å²) in [7, 11) is 7.58. The summed E-state index contributed by atoms with van der Waals surface area (Å²) in [6.07, 6.45) is 0.834. The molecule has 5 nitrogen and oxygen atoms in total. The standard InChI is InChI=1S/C15H25N3O2/c1-17(2)13-8-5-6-9-14(13)18(3)12-15(19)16-10-7-11-20-4/h5-6,8-9H,7,10-12H2,1-4H3,(H,16,19). The van der Waals surface area contributed by atoms with Crippen LogP contribution in [0.3, 0.4) is 0 Å². The molecule has 0 aliphatic rings. The molecule has 0 bridgehead atoms. The summed E-state index contributed by atoms with van der Waals surface area (Å²) in [5.41, 5.74) is 2.15. The van der Waals surface area contributed by atoms with Gasteiger partial charge in [-0.2, -0.15) is 0 Å². The van der Waals surface area contributed by atoms with E-state index in [0.29, 0.717) is 19.7 Å². The van der Waals surface area contributed by atoms with Gasteiger partial charge < -0.3 is 19.9 Å². The van der Waals surface area contributed by atoms with E-state index in [0.717, 1.165) is 17.8 Å². The Morgan fingerprint density at radius 3 is 2.45 bits per heavy atom. The van der Waals surface area contributed by atoms with Crippen molar-refractivity contribution in [1.82, 2.24) is 5.32 Å². The summed E-state index contributed by atoms with van der Waals surface area (Å²) in [4.78, 5) is 15.9. The molecule has 0 saturated carbocycles. The molecule has 1 amide bonds. The number of ether oxygens (including phenoxy) is 1. The van der Waals surface area contributed by atoms with E-state index in [1.54, 1.807) is 7.11 Å². The minimum absolute atomic E-state index is 0.0252. The predicted molar refractivity (Wildman–Crippen MR) is 83.5 cm³/mol. The molecule has 0 unspecified atom stereocenters. The zero-order valence-electron chi connectivity index (χ0n) is 12.8. The Hall–Kier alpha value is -1.75. The number of rotatable bonds is 8. The van der Waals surface area contributed by atoms with Crippen molar-refractivity contribution < 1.29 is 9.53 Å². The topological polar surface area (TPSA) is 44.8 Å². The predicted octanol–water partition coefficient (Wildman–Crippen LogP) is 1.34. The molecule has 1 aromatic carbocycles. The summed E-state index contributed by atoms with van der Waals surface area (Å²) in [6, 6.07) is 8.04. The third-order valence-corrected chi connectivity index (χ3v) is 3.00. The number of para-hydroxylation sites is 2. The first kappa shape index (κ1) is 16.3. The quantitative estimate of drug-likeness (QED) is 0.730. The van der Waals surface area contributed by atoms with Gasteiger partial charge in [0.15, 0.2) is 0 Å². The van der Waals surface area contributed by atoms with E-state index in [-0.39, 0.29) is 5.91 Å². The minimum atomic E-state index is 0.0252. The van der Waals surface area contributed by atoms with Crippen LogP contribution >= 0.6 is 0 Å².